The van der Waals surface area contributed by atoms with Crippen LogP contribution < -0.4 is 9.26 Å². The predicted molar refractivity (Wildman–Crippen MR) is 84.2 cm³/mol. The molecule has 114 valence electrons. The summed E-state index contributed by atoms with van der Waals surface area (Å²) in [5, 5.41) is 0. The van der Waals surface area contributed by atoms with Gasteiger partial charge in [0.25, 0.3) is 0 Å². The summed E-state index contributed by atoms with van der Waals surface area (Å²) < 4.78 is 33.7. The lowest BCUT2D eigenvalue weighted by Gasteiger charge is -2.23. The van der Waals surface area contributed by atoms with E-state index in [0.717, 1.165) is 0 Å². The summed E-state index contributed by atoms with van der Waals surface area (Å²) in [4.78, 5) is 9.00. The number of rotatable bonds is 5. The molecule has 0 fully saturated rings. The van der Waals surface area contributed by atoms with Gasteiger partial charge in [-0.25, -0.2) is 4.57 Å². The van der Waals surface area contributed by atoms with Crippen molar-refractivity contribution < 1.29 is 23.3 Å². The molecule has 1 aromatic carbocycles. The lowest BCUT2D eigenvalue weighted by atomic mass is 10.2. The molecule has 0 heterocycles. The summed E-state index contributed by atoms with van der Waals surface area (Å²) in [5.74, 6) is -7.68. The summed E-state index contributed by atoms with van der Waals surface area (Å²) >= 11 is 10.8. The summed E-state index contributed by atoms with van der Waals surface area (Å²) in [6.45, 7) is 5.50. The molecule has 1 aromatic rings. The van der Waals surface area contributed by atoms with Gasteiger partial charge in [-0.05, 0) is 55.4 Å². The summed E-state index contributed by atoms with van der Waals surface area (Å²) in [6, 6.07) is 6.44. The van der Waals surface area contributed by atoms with Gasteiger partial charge >= 0.3 is 11.8 Å². The number of hydrogen-bond acceptors (Lipinski definition) is 5. The lowest BCUT2D eigenvalue weighted by Crippen LogP contribution is -2.23. The highest BCUT2D eigenvalue weighted by atomic mass is 35.7. The zero-order chi connectivity index (χ0) is 15.6. The largest absolute Gasteiger partial charge is 0.484 e. The first-order chi connectivity index (χ1) is 8.88. The first kappa shape index (κ1) is 18.2. The van der Waals surface area contributed by atoms with Crippen molar-refractivity contribution in [1.29, 1.82) is 0 Å². The van der Waals surface area contributed by atoms with Gasteiger partial charge < -0.3 is 14.2 Å². The molecule has 2 atom stereocenters. The van der Waals surface area contributed by atoms with Gasteiger partial charge in [-0.1, -0.05) is 12.1 Å². The summed E-state index contributed by atoms with van der Waals surface area (Å²) in [6.07, 6.45) is 0. The number of hydrogen-bond donors (Lipinski definition) is 1. The van der Waals surface area contributed by atoms with Crippen molar-refractivity contribution in [3.63, 3.8) is 0 Å². The van der Waals surface area contributed by atoms with E-state index in [-0.39, 0.29) is 16.8 Å². The molecule has 0 aliphatic heterocycles. The van der Waals surface area contributed by atoms with Crippen molar-refractivity contribution in [1.82, 2.24) is 0 Å². The standard InChI is InChI=1S/C10H14Cl2O5P2S/c1-10(2,3)16-8-6-4-5-7-9(8)17-19(12,15)20-18(11,13)14/h4-7H,1-3H3,(H,13,14). The van der Waals surface area contributed by atoms with Crippen LogP contribution in [0, 0.1) is 0 Å². The Balaban J connectivity index is 2.98. The van der Waals surface area contributed by atoms with Crippen LogP contribution in [0.15, 0.2) is 24.3 Å². The molecule has 0 saturated carbocycles. The number of benzene rings is 1. The molecule has 10 heteroatoms. The average Bonchev–Trinajstić information content (AvgIpc) is 2.14. The van der Waals surface area contributed by atoms with E-state index in [1.165, 1.54) is 6.07 Å². The molecule has 0 spiro atoms. The van der Waals surface area contributed by atoms with Crippen LogP contribution in [-0.4, -0.2) is 10.5 Å². The second-order valence-electron chi connectivity index (χ2n) is 4.72. The minimum atomic E-state index is -4.15. The van der Waals surface area contributed by atoms with E-state index in [2.05, 4.69) is 0 Å². The number of ether oxygens (including phenoxy) is 1. The second kappa shape index (κ2) is 6.51. The molecule has 0 bridgehead atoms. The van der Waals surface area contributed by atoms with Crippen LogP contribution in [0.4, 0.5) is 0 Å². The van der Waals surface area contributed by atoms with Crippen molar-refractivity contribution in [3.8, 4) is 11.5 Å². The zero-order valence-electron chi connectivity index (χ0n) is 10.9. The van der Waals surface area contributed by atoms with Crippen LogP contribution in [0.2, 0.25) is 0 Å². The zero-order valence-corrected chi connectivity index (χ0v) is 15.1. The molecule has 0 aliphatic rings. The van der Waals surface area contributed by atoms with Gasteiger partial charge in [0.05, 0.1) is 11.0 Å². The Labute approximate surface area is 130 Å². The Morgan fingerprint density at radius 2 is 1.65 bits per heavy atom. The van der Waals surface area contributed by atoms with E-state index in [0.29, 0.717) is 5.75 Å². The molecular weight excluding hydrogens is 365 g/mol. The molecule has 0 saturated heterocycles. The molecule has 0 aliphatic carbocycles. The molecule has 2 unspecified atom stereocenters. The second-order valence-corrected chi connectivity index (χ2v) is 15.6. The average molecular weight is 379 g/mol. The van der Waals surface area contributed by atoms with Crippen LogP contribution in [0.25, 0.3) is 0 Å². The van der Waals surface area contributed by atoms with Crippen LogP contribution in [0.5, 0.6) is 11.5 Å². The quantitative estimate of drug-likeness (QED) is 0.666. The molecule has 0 amide bonds. The van der Waals surface area contributed by atoms with Gasteiger partial charge in [0.2, 0.25) is 0 Å². The highest BCUT2D eigenvalue weighted by Crippen LogP contribution is 2.80. The van der Waals surface area contributed by atoms with Gasteiger partial charge in [-0.3, -0.25) is 4.57 Å². The first-order valence-corrected chi connectivity index (χ1v) is 12.5. The topological polar surface area (TPSA) is 72.8 Å². The van der Waals surface area contributed by atoms with Gasteiger partial charge in [0, 0.05) is 0 Å². The predicted octanol–water partition coefficient (Wildman–Crippen LogP) is 5.66. The third-order valence-electron chi connectivity index (χ3n) is 1.67. The SMILES string of the molecule is CC(C)(C)Oc1ccccc1OP(=O)(Cl)SP(=O)(O)Cl. The van der Waals surface area contributed by atoms with Gasteiger partial charge in [0.1, 0.15) is 5.60 Å². The van der Waals surface area contributed by atoms with Crippen molar-refractivity contribution in [2.75, 3.05) is 0 Å². The number of para-hydroxylation sites is 2. The van der Waals surface area contributed by atoms with E-state index >= 15 is 0 Å². The van der Waals surface area contributed by atoms with E-state index in [4.69, 9.17) is 36.6 Å². The van der Waals surface area contributed by atoms with E-state index in [1.54, 1.807) is 18.2 Å². The fourth-order valence-electron chi connectivity index (χ4n) is 1.19. The molecule has 1 rings (SSSR count). The lowest BCUT2D eigenvalue weighted by molar-refractivity contribution is 0.128. The minimum absolute atomic E-state index is 0.000305. The number of halogens is 2. The Morgan fingerprint density at radius 3 is 2.10 bits per heavy atom. The van der Waals surface area contributed by atoms with E-state index in [9.17, 15) is 9.13 Å². The summed E-state index contributed by atoms with van der Waals surface area (Å²) in [7, 11) is 0. The Kier molecular flexibility index (Phi) is 5.93. The molecule has 1 N–H and O–H groups in total. The molecule has 0 radical (unpaired) electrons. The van der Waals surface area contributed by atoms with E-state index in [1.807, 2.05) is 20.8 Å². The third kappa shape index (κ3) is 7.26. The normalized spacial score (nSPS) is 17.9. The summed E-state index contributed by atoms with van der Waals surface area (Å²) in [5.41, 5.74) is -0.498. The first-order valence-electron chi connectivity index (χ1n) is 5.39. The van der Waals surface area contributed by atoms with Crippen molar-refractivity contribution in [2.24, 2.45) is 0 Å². The van der Waals surface area contributed by atoms with Gasteiger partial charge in [0.15, 0.2) is 11.5 Å². The maximum Gasteiger partial charge on any atom is 0.403 e. The van der Waals surface area contributed by atoms with Gasteiger partial charge in [-0.15, -0.1) is 0 Å². The van der Waals surface area contributed by atoms with Crippen molar-refractivity contribution in [3.05, 3.63) is 24.3 Å². The van der Waals surface area contributed by atoms with Crippen LogP contribution >= 0.6 is 45.3 Å². The van der Waals surface area contributed by atoms with Crippen LogP contribution in [0.1, 0.15) is 20.8 Å². The molecule has 20 heavy (non-hydrogen) atoms. The fourth-order valence-corrected chi connectivity index (χ4v) is 10.9. The molecule has 5 nitrogen and oxygen atoms in total. The van der Waals surface area contributed by atoms with Gasteiger partial charge in [-0.2, -0.15) is 0 Å². The third-order valence-corrected chi connectivity index (χ3v) is 11.0. The maximum absolute atomic E-state index is 12.0. The monoisotopic (exact) mass is 378 g/mol. The van der Waals surface area contributed by atoms with Crippen molar-refractivity contribution >= 4 is 45.3 Å². The highest BCUT2D eigenvalue weighted by Gasteiger charge is 2.34. The Hall–Kier alpha value is 0.170. The fraction of sp³-hybridized carbons (Fsp3) is 0.400. The maximum atomic E-state index is 12.0. The Bertz CT molecular complexity index is 569. The molecule has 0 aromatic heterocycles. The van der Waals surface area contributed by atoms with E-state index < -0.39 is 17.4 Å². The Morgan fingerprint density at radius 1 is 1.15 bits per heavy atom. The molecular formula is C10H14Cl2O5P2S. The highest BCUT2D eigenvalue weighted by molar-refractivity contribution is 8.93. The van der Waals surface area contributed by atoms with Crippen molar-refractivity contribution in [2.45, 2.75) is 26.4 Å². The van der Waals surface area contributed by atoms with Crippen LogP contribution in [-0.2, 0) is 9.13 Å². The van der Waals surface area contributed by atoms with Crippen LogP contribution in [0.3, 0.4) is 0 Å². The minimum Gasteiger partial charge on any atom is -0.484 e. The smallest absolute Gasteiger partial charge is 0.403 e.